The Morgan fingerprint density at radius 1 is 1.67 bits per heavy atom. The largest absolute Gasteiger partial charge is 0.382 e. The molecule has 0 radical (unpaired) electrons. The number of nitrogen functional groups attached to an aromatic ring is 1. The van der Waals surface area contributed by atoms with Crippen molar-refractivity contribution in [2.75, 3.05) is 18.8 Å². The highest BCUT2D eigenvalue weighted by Crippen LogP contribution is 2.22. The van der Waals surface area contributed by atoms with E-state index in [9.17, 15) is 0 Å². The molecule has 2 rings (SSSR count). The first-order valence-electron chi connectivity index (χ1n) is 6.32. The standard InChI is InChI=1S/C13H20N4S/c1-2-11-9-17(5-6-18-11)8-10-3-4-16-12(7-10)13(14)15/h3-4,7,11H,2,5-6,8-9H2,1H3,(H3,14,15). The van der Waals surface area contributed by atoms with Gasteiger partial charge in [-0.15, -0.1) is 0 Å². The van der Waals surface area contributed by atoms with Crippen LogP contribution < -0.4 is 5.73 Å². The number of hydrogen-bond acceptors (Lipinski definition) is 4. The third-order valence-electron chi connectivity index (χ3n) is 3.18. The predicted molar refractivity (Wildman–Crippen MR) is 77.1 cm³/mol. The Balaban J connectivity index is 2.00. The van der Waals surface area contributed by atoms with Crippen LogP contribution in [0.4, 0.5) is 0 Å². The fourth-order valence-corrected chi connectivity index (χ4v) is 3.40. The molecule has 18 heavy (non-hydrogen) atoms. The molecule has 98 valence electrons. The van der Waals surface area contributed by atoms with Gasteiger partial charge in [-0.1, -0.05) is 6.92 Å². The molecule has 0 spiro atoms. The van der Waals surface area contributed by atoms with Gasteiger partial charge in [0.1, 0.15) is 11.5 Å². The number of hydrogen-bond donors (Lipinski definition) is 2. The minimum absolute atomic E-state index is 0.0393. The van der Waals surface area contributed by atoms with E-state index in [1.54, 1.807) is 6.20 Å². The van der Waals surface area contributed by atoms with E-state index in [2.05, 4.69) is 28.6 Å². The molecule has 1 aliphatic rings. The molecule has 0 aromatic carbocycles. The van der Waals surface area contributed by atoms with Gasteiger partial charge in [0.2, 0.25) is 0 Å². The van der Waals surface area contributed by atoms with E-state index < -0.39 is 0 Å². The summed E-state index contributed by atoms with van der Waals surface area (Å²) < 4.78 is 0. The first-order chi connectivity index (χ1) is 8.69. The van der Waals surface area contributed by atoms with Crippen molar-refractivity contribution in [3.8, 4) is 0 Å². The Labute approximate surface area is 112 Å². The van der Waals surface area contributed by atoms with Crippen LogP contribution in [0, 0.1) is 5.41 Å². The highest BCUT2D eigenvalue weighted by atomic mass is 32.2. The van der Waals surface area contributed by atoms with Gasteiger partial charge in [-0.25, -0.2) is 0 Å². The summed E-state index contributed by atoms with van der Waals surface area (Å²) in [6.07, 6.45) is 2.97. The number of nitrogens with zero attached hydrogens (tertiary/aromatic N) is 2. The zero-order chi connectivity index (χ0) is 13.0. The monoisotopic (exact) mass is 264 g/mol. The smallest absolute Gasteiger partial charge is 0.141 e. The maximum Gasteiger partial charge on any atom is 0.141 e. The molecule has 1 aromatic heterocycles. The van der Waals surface area contributed by atoms with Crippen LogP contribution in [0.25, 0.3) is 0 Å². The van der Waals surface area contributed by atoms with Crippen molar-refractivity contribution in [3.05, 3.63) is 29.6 Å². The zero-order valence-corrected chi connectivity index (χ0v) is 11.5. The zero-order valence-electron chi connectivity index (χ0n) is 10.7. The molecule has 0 amide bonds. The molecule has 4 nitrogen and oxygen atoms in total. The number of pyridine rings is 1. The van der Waals surface area contributed by atoms with E-state index in [4.69, 9.17) is 11.1 Å². The van der Waals surface area contributed by atoms with Crippen molar-refractivity contribution in [1.29, 1.82) is 5.41 Å². The molecule has 3 N–H and O–H groups in total. The highest BCUT2D eigenvalue weighted by molar-refractivity contribution is 8.00. The number of nitrogens with two attached hydrogens (primary N) is 1. The van der Waals surface area contributed by atoms with Gasteiger partial charge in [0, 0.05) is 36.8 Å². The van der Waals surface area contributed by atoms with Crippen LogP contribution in [0.3, 0.4) is 0 Å². The van der Waals surface area contributed by atoms with Gasteiger partial charge in [-0.2, -0.15) is 11.8 Å². The van der Waals surface area contributed by atoms with E-state index in [1.807, 2.05) is 12.1 Å². The van der Waals surface area contributed by atoms with Gasteiger partial charge in [0.15, 0.2) is 0 Å². The van der Waals surface area contributed by atoms with Crippen molar-refractivity contribution in [2.24, 2.45) is 5.73 Å². The van der Waals surface area contributed by atoms with Gasteiger partial charge in [0.25, 0.3) is 0 Å². The Hall–Kier alpha value is -1.07. The lowest BCUT2D eigenvalue weighted by Gasteiger charge is -2.31. The summed E-state index contributed by atoms with van der Waals surface area (Å²) in [5, 5.41) is 8.17. The van der Waals surface area contributed by atoms with Crippen LogP contribution in [0.1, 0.15) is 24.6 Å². The summed E-state index contributed by atoms with van der Waals surface area (Å²) >= 11 is 2.08. The minimum atomic E-state index is 0.0393. The first-order valence-corrected chi connectivity index (χ1v) is 7.37. The number of rotatable bonds is 4. The molecule has 0 aliphatic carbocycles. The predicted octanol–water partition coefficient (Wildman–Crippen LogP) is 1.69. The molecule has 0 bridgehead atoms. The second-order valence-corrected chi connectivity index (χ2v) is 6.01. The van der Waals surface area contributed by atoms with Crippen LogP contribution in [0.5, 0.6) is 0 Å². The normalized spacial score (nSPS) is 20.8. The summed E-state index contributed by atoms with van der Waals surface area (Å²) in [7, 11) is 0. The van der Waals surface area contributed by atoms with Gasteiger partial charge in [-0.05, 0) is 24.1 Å². The Morgan fingerprint density at radius 2 is 2.50 bits per heavy atom. The van der Waals surface area contributed by atoms with Gasteiger partial charge in [-0.3, -0.25) is 15.3 Å². The first kappa shape index (κ1) is 13.4. The number of amidine groups is 1. The second kappa shape index (κ2) is 6.20. The fourth-order valence-electron chi connectivity index (χ4n) is 2.15. The average Bonchev–Trinajstić information content (AvgIpc) is 2.39. The van der Waals surface area contributed by atoms with Crippen molar-refractivity contribution >= 4 is 17.6 Å². The fraction of sp³-hybridized carbons (Fsp3) is 0.538. The van der Waals surface area contributed by atoms with Crippen LogP contribution >= 0.6 is 11.8 Å². The summed E-state index contributed by atoms with van der Waals surface area (Å²) in [5.74, 6) is 1.25. The van der Waals surface area contributed by atoms with Gasteiger partial charge < -0.3 is 5.73 Å². The lowest BCUT2D eigenvalue weighted by Crippen LogP contribution is -2.37. The molecule has 1 aromatic rings. The van der Waals surface area contributed by atoms with Crippen molar-refractivity contribution in [2.45, 2.75) is 25.1 Å². The van der Waals surface area contributed by atoms with Gasteiger partial charge in [0.05, 0.1) is 0 Å². The summed E-state index contributed by atoms with van der Waals surface area (Å²) in [4.78, 5) is 6.57. The molecule has 2 heterocycles. The quantitative estimate of drug-likeness (QED) is 0.641. The number of nitrogens with one attached hydrogen (secondary N) is 1. The molecule has 1 fully saturated rings. The molecular formula is C13H20N4S. The Bertz CT molecular complexity index is 421. The Kier molecular flexibility index (Phi) is 4.60. The minimum Gasteiger partial charge on any atom is -0.382 e. The van der Waals surface area contributed by atoms with Crippen LogP contribution in [-0.2, 0) is 6.54 Å². The van der Waals surface area contributed by atoms with Crippen molar-refractivity contribution in [1.82, 2.24) is 9.88 Å². The van der Waals surface area contributed by atoms with E-state index in [0.717, 1.165) is 24.9 Å². The van der Waals surface area contributed by atoms with Crippen LogP contribution in [0.15, 0.2) is 18.3 Å². The number of thioether (sulfide) groups is 1. The third-order valence-corrected chi connectivity index (χ3v) is 4.56. The molecule has 1 atom stereocenters. The maximum atomic E-state index is 7.41. The lowest BCUT2D eigenvalue weighted by molar-refractivity contribution is 0.273. The molecule has 0 saturated carbocycles. The van der Waals surface area contributed by atoms with E-state index in [0.29, 0.717) is 5.69 Å². The highest BCUT2D eigenvalue weighted by Gasteiger charge is 2.18. The number of aromatic nitrogens is 1. The molecule has 1 saturated heterocycles. The van der Waals surface area contributed by atoms with E-state index in [1.165, 1.54) is 17.7 Å². The molecule has 1 unspecified atom stereocenters. The van der Waals surface area contributed by atoms with E-state index >= 15 is 0 Å². The summed E-state index contributed by atoms with van der Waals surface area (Å²) in [5.41, 5.74) is 7.23. The summed E-state index contributed by atoms with van der Waals surface area (Å²) in [6, 6.07) is 3.93. The van der Waals surface area contributed by atoms with Crippen LogP contribution in [-0.4, -0.2) is 39.8 Å². The van der Waals surface area contributed by atoms with Crippen molar-refractivity contribution in [3.63, 3.8) is 0 Å². The second-order valence-electron chi connectivity index (χ2n) is 4.60. The molecule has 5 heteroatoms. The topological polar surface area (TPSA) is 66.0 Å². The molecular weight excluding hydrogens is 244 g/mol. The molecule has 1 aliphatic heterocycles. The van der Waals surface area contributed by atoms with Crippen LogP contribution in [0.2, 0.25) is 0 Å². The Morgan fingerprint density at radius 3 is 3.22 bits per heavy atom. The summed E-state index contributed by atoms with van der Waals surface area (Å²) in [6.45, 7) is 5.47. The maximum absolute atomic E-state index is 7.41. The van der Waals surface area contributed by atoms with Gasteiger partial charge >= 0.3 is 0 Å². The lowest BCUT2D eigenvalue weighted by atomic mass is 10.2. The van der Waals surface area contributed by atoms with Crippen molar-refractivity contribution < 1.29 is 0 Å². The third kappa shape index (κ3) is 3.46. The van der Waals surface area contributed by atoms with E-state index in [-0.39, 0.29) is 5.84 Å². The average molecular weight is 264 g/mol. The SMILES string of the molecule is CCC1CN(Cc2ccnc(C(=N)N)c2)CCS1.